The van der Waals surface area contributed by atoms with Crippen molar-refractivity contribution in [1.82, 2.24) is 10.0 Å². The van der Waals surface area contributed by atoms with Gasteiger partial charge in [0.05, 0.1) is 29.0 Å². The first-order valence-corrected chi connectivity index (χ1v) is 13.0. The number of rotatable bonds is 6. The molecule has 2 bridgehead atoms. The second-order valence-electron chi connectivity index (χ2n) is 10.2. The Balaban J connectivity index is 1.40. The number of methoxy groups -OCH3 is 1. The maximum Gasteiger partial charge on any atom is 0.273 e. The molecule has 2 aromatic carbocycles. The molecule has 0 aromatic heterocycles. The lowest BCUT2D eigenvalue weighted by atomic mass is 9.63. The number of benzene rings is 2. The van der Waals surface area contributed by atoms with Gasteiger partial charge >= 0.3 is 0 Å². The highest BCUT2D eigenvalue weighted by Gasteiger charge is 2.68. The lowest BCUT2D eigenvalue weighted by Gasteiger charge is -2.37. The Morgan fingerprint density at radius 1 is 0.919 bits per heavy atom. The summed E-state index contributed by atoms with van der Waals surface area (Å²) in [6.45, 7) is 1.52. The van der Waals surface area contributed by atoms with Crippen LogP contribution >= 0.6 is 23.2 Å². The maximum atomic E-state index is 13.9. The molecule has 4 aliphatic carbocycles. The number of allylic oxidation sites excluding steroid dienone is 2. The minimum atomic E-state index is -1.15. The molecule has 0 radical (unpaired) electrons. The van der Waals surface area contributed by atoms with Gasteiger partial charge < -0.3 is 4.74 Å². The minimum absolute atomic E-state index is 0.0176. The van der Waals surface area contributed by atoms with E-state index in [0.29, 0.717) is 23.1 Å². The van der Waals surface area contributed by atoms with Gasteiger partial charge in [-0.2, -0.15) is 5.01 Å². The van der Waals surface area contributed by atoms with Crippen LogP contribution in [-0.4, -0.2) is 46.7 Å². The fourth-order valence-electron chi connectivity index (χ4n) is 6.46. The van der Waals surface area contributed by atoms with Crippen molar-refractivity contribution < 1.29 is 23.9 Å². The van der Waals surface area contributed by atoms with Gasteiger partial charge in [-0.05, 0) is 79.5 Å². The van der Waals surface area contributed by atoms with Gasteiger partial charge in [0.1, 0.15) is 11.8 Å². The number of ether oxygens (including phenoxy) is 1. The zero-order chi connectivity index (χ0) is 26.2. The van der Waals surface area contributed by atoms with Gasteiger partial charge in [0, 0.05) is 11.1 Å². The van der Waals surface area contributed by atoms with Crippen molar-refractivity contribution in [1.29, 1.82) is 0 Å². The fraction of sp³-hybridized carbons (Fsp3) is 0.357. The van der Waals surface area contributed by atoms with Crippen molar-refractivity contribution in [2.45, 2.75) is 19.4 Å². The molecular formula is C28H24Cl2N2O5. The number of carbonyl (C=O) groups excluding carboxylic acids is 4. The van der Waals surface area contributed by atoms with E-state index in [1.807, 2.05) is 0 Å². The van der Waals surface area contributed by atoms with Gasteiger partial charge in [-0.15, -0.1) is 0 Å². The molecule has 2 saturated carbocycles. The monoisotopic (exact) mass is 538 g/mol. The van der Waals surface area contributed by atoms with E-state index in [9.17, 15) is 19.2 Å². The standard InChI is InChI=1S/C28H24Cl2N2O5/c1-13(25(33)14-3-6-16(37-2)7-4-14)31(26(34)15-5-10-21(29)22(30)11-15)32-27(35)23-17-8-9-18(20-12-19(17)20)24(23)28(32)36/h3-11,13,17-20,23-24H,12H2,1-2H3/t13-,17-,18-,19-,20+,23+,24+/m0/s1. The highest BCUT2D eigenvalue weighted by molar-refractivity contribution is 6.42. The van der Waals surface area contributed by atoms with Crippen LogP contribution in [0.1, 0.15) is 34.1 Å². The van der Waals surface area contributed by atoms with Gasteiger partial charge in [-0.1, -0.05) is 35.4 Å². The van der Waals surface area contributed by atoms with E-state index in [1.165, 1.54) is 32.2 Å². The lowest BCUT2D eigenvalue weighted by Crippen LogP contribution is -2.56. The molecule has 5 aliphatic rings. The van der Waals surface area contributed by atoms with Crippen molar-refractivity contribution in [3.05, 3.63) is 75.8 Å². The molecule has 37 heavy (non-hydrogen) atoms. The first-order chi connectivity index (χ1) is 17.7. The van der Waals surface area contributed by atoms with E-state index in [0.717, 1.165) is 16.4 Å². The summed E-state index contributed by atoms with van der Waals surface area (Å²) in [5.74, 6) is -1.64. The molecule has 190 valence electrons. The Hall–Kier alpha value is -3.16. The van der Waals surface area contributed by atoms with E-state index >= 15 is 0 Å². The number of hydrogen-bond acceptors (Lipinski definition) is 5. The third-order valence-electron chi connectivity index (χ3n) is 8.35. The molecule has 0 spiro atoms. The van der Waals surface area contributed by atoms with Crippen LogP contribution in [0.4, 0.5) is 0 Å². The Morgan fingerprint density at radius 2 is 1.49 bits per heavy atom. The first-order valence-electron chi connectivity index (χ1n) is 12.3. The molecule has 3 fully saturated rings. The Morgan fingerprint density at radius 3 is 2.03 bits per heavy atom. The predicted octanol–water partition coefficient (Wildman–Crippen LogP) is 4.68. The van der Waals surface area contributed by atoms with Gasteiger partial charge in [0.2, 0.25) is 0 Å². The van der Waals surface area contributed by atoms with Crippen molar-refractivity contribution in [2.75, 3.05) is 7.11 Å². The van der Waals surface area contributed by atoms with Gasteiger partial charge in [-0.25, -0.2) is 5.01 Å². The Bertz CT molecular complexity index is 1340. The molecule has 1 aliphatic heterocycles. The molecule has 9 heteroatoms. The van der Waals surface area contributed by atoms with E-state index in [2.05, 4.69) is 12.2 Å². The van der Waals surface area contributed by atoms with Crippen LogP contribution < -0.4 is 4.74 Å². The van der Waals surface area contributed by atoms with Crippen LogP contribution in [0.2, 0.25) is 10.0 Å². The summed E-state index contributed by atoms with van der Waals surface area (Å²) in [5, 5.41) is 2.36. The van der Waals surface area contributed by atoms with Crippen molar-refractivity contribution in [3.8, 4) is 5.75 Å². The predicted molar refractivity (Wildman–Crippen MR) is 136 cm³/mol. The number of carbonyl (C=O) groups is 4. The average molecular weight is 539 g/mol. The third kappa shape index (κ3) is 3.62. The van der Waals surface area contributed by atoms with Gasteiger partial charge in [0.15, 0.2) is 5.78 Å². The number of hydrazine groups is 1. The summed E-state index contributed by atoms with van der Waals surface area (Å²) < 4.78 is 5.17. The zero-order valence-electron chi connectivity index (χ0n) is 20.1. The number of ketones is 1. The molecule has 1 saturated heterocycles. The van der Waals surface area contributed by atoms with E-state index in [4.69, 9.17) is 27.9 Å². The Labute approximate surface area is 223 Å². The third-order valence-corrected chi connectivity index (χ3v) is 9.09. The molecule has 3 amide bonds. The topological polar surface area (TPSA) is 84.0 Å². The Kier molecular flexibility index (Phi) is 5.69. The first kappa shape index (κ1) is 24.2. The number of hydrogen-bond donors (Lipinski definition) is 0. The lowest BCUT2D eigenvalue weighted by molar-refractivity contribution is -0.156. The van der Waals surface area contributed by atoms with E-state index in [1.54, 1.807) is 24.3 Å². The molecule has 7 nitrogen and oxygen atoms in total. The molecule has 7 atom stereocenters. The quantitative estimate of drug-likeness (QED) is 0.302. The number of imide groups is 1. The average Bonchev–Trinajstić information content (AvgIpc) is 3.70. The van der Waals surface area contributed by atoms with Gasteiger partial charge in [0.25, 0.3) is 17.7 Å². The molecule has 2 aromatic rings. The van der Waals surface area contributed by atoms with Crippen molar-refractivity contribution in [3.63, 3.8) is 0 Å². The van der Waals surface area contributed by atoms with E-state index < -0.39 is 41.4 Å². The second kappa shape index (κ2) is 8.71. The van der Waals surface area contributed by atoms with Crippen LogP contribution in [0.3, 0.4) is 0 Å². The van der Waals surface area contributed by atoms with Crippen LogP contribution in [0, 0.1) is 35.5 Å². The normalized spacial score (nSPS) is 29.6. The van der Waals surface area contributed by atoms with Crippen molar-refractivity contribution in [2.24, 2.45) is 35.5 Å². The summed E-state index contributed by atoms with van der Waals surface area (Å²) in [4.78, 5) is 55.2. The second-order valence-corrected chi connectivity index (χ2v) is 11.0. The summed E-state index contributed by atoms with van der Waals surface area (Å²) in [6, 6.07) is 9.62. The summed E-state index contributed by atoms with van der Waals surface area (Å²) in [6.07, 6.45) is 5.14. The molecule has 0 N–H and O–H groups in total. The van der Waals surface area contributed by atoms with Crippen LogP contribution in [0.25, 0.3) is 0 Å². The van der Waals surface area contributed by atoms with E-state index in [-0.39, 0.29) is 27.4 Å². The smallest absolute Gasteiger partial charge is 0.273 e. The summed E-state index contributed by atoms with van der Waals surface area (Å²) >= 11 is 12.2. The van der Waals surface area contributed by atoms with Crippen LogP contribution in [0.15, 0.2) is 54.6 Å². The molecule has 7 rings (SSSR count). The number of amides is 3. The highest BCUT2D eigenvalue weighted by atomic mass is 35.5. The van der Waals surface area contributed by atoms with Gasteiger partial charge in [-0.3, -0.25) is 19.2 Å². The van der Waals surface area contributed by atoms with Crippen LogP contribution in [0.5, 0.6) is 5.75 Å². The fourth-order valence-corrected chi connectivity index (χ4v) is 6.76. The molecular weight excluding hydrogens is 515 g/mol. The number of nitrogens with zero attached hydrogens (tertiary/aromatic N) is 2. The summed E-state index contributed by atoms with van der Waals surface area (Å²) in [7, 11) is 1.52. The number of Topliss-reactive ketones (excluding diaryl/α,β-unsaturated/α-hetero) is 1. The highest BCUT2D eigenvalue weighted by Crippen LogP contribution is 2.65. The largest absolute Gasteiger partial charge is 0.497 e. The molecule has 0 unspecified atom stereocenters. The minimum Gasteiger partial charge on any atom is -0.497 e. The zero-order valence-corrected chi connectivity index (χ0v) is 21.6. The number of halogens is 2. The summed E-state index contributed by atoms with van der Waals surface area (Å²) in [5.41, 5.74) is 0.433. The maximum absolute atomic E-state index is 13.9. The molecule has 1 heterocycles. The van der Waals surface area contributed by atoms with Crippen LogP contribution in [-0.2, 0) is 9.59 Å². The SMILES string of the molecule is COc1ccc(C(=O)[C@H](C)N(C(=O)c2ccc(Cl)c(Cl)c2)N2C(=O)[C@@H]3[C@H]4C=C[C@@H]([C@@H]5C[C@H]45)[C@H]3C2=O)cc1. The van der Waals surface area contributed by atoms with Crippen molar-refractivity contribution >= 4 is 46.7 Å².